The molecule has 16 heavy (non-hydrogen) atoms. The second-order valence-corrected chi connectivity index (χ2v) is 5.84. The molecule has 0 bridgehead atoms. The number of aryl methyl sites for hydroxylation is 1. The van der Waals surface area contributed by atoms with Crippen molar-refractivity contribution < 1.29 is 9.53 Å². The number of hydrogen-bond donors (Lipinski definition) is 1. The van der Waals surface area contributed by atoms with E-state index >= 15 is 0 Å². The zero-order valence-corrected chi connectivity index (χ0v) is 11.2. The highest BCUT2D eigenvalue weighted by Gasteiger charge is 2.17. The van der Waals surface area contributed by atoms with Crippen LogP contribution in [0.4, 0.5) is 5.13 Å². The van der Waals surface area contributed by atoms with E-state index in [2.05, 4.69) is 35.8 Å². The predicted molar refractivity (Wildman–Crippen MR) is 66.1 cm³/mol. The number of nitrogens with zero attached hydrogens (tertiary/aromatic N) is 1. The summed E-state index contributed by atoms with van der Waals surface area (Å²) in [5.74, 6) is -0.321. The van der Waals surface area contributed by atoms with E-state index in [0.29, 0.717) is 10.6 Å². The smallest absolute Gasteiger partial charge is 0.350 e. The van der Waals surface area contributed by atoms with Gasteiger partial charge in [-0.3, -0.25) is 0 Å². The number of ether oxygens (including phenoxy) is 1. The number of hydrogen-bond acceptors (Lipinski definition) is 5. The molecular formula is C11H18N2O2S. The van der Waals surface area contributed by atoms with Crippen LogP contribution in [-0.4, -0.2) is 24.6 Å². The summed E-state index contributed by atoms with van der Waals surface area (Å²) in [5.41, 5.74) is 0.901. The standard InChI is InChI=1S/C11H18N2O2S/c1-7-8(9(14)15-5)16-10(13-7)12-6-11(2,3)4/h6H2,1-5H3,(H,12,13). The topological polar surface area (TPSA) is 51.2 Å². The highest BCUT2D eigenvalue weighted by Crippen LogP contribution is 2.24. The Balaban J connectivity index is 2.74. The lowest BCUT2D eigenvalue weighted by Crippen LogP contribution is -2.18. The molecule has 0 fully saturated rings. The van der Waals surface area contributed by atoms with Crippen LogP contribution >= 0.6 is 11.3 Å². The average Bonchev–Trinajstić information content (AvgIpc) is 2.55. The van der Waals surface area contributed by atoms with Gasteiger partial charge in [0, 0.05) is 6.54 Å². The van der Waals surface area contributed by atoms with Crippen molar-refractivity contribution in [2.75, 3.05) is 19.0 Å². The molecule has 0 aliphatic heterocycles. The van der Waals surface area contributed by atoms with Crippen molar-refractivity contribution >= 4 is 22.4 Å². The minimum atomic E-state index is -0.321. The van der Waals surface area contributed by atoms with Gasteiger partial charge in [-0.2, -0.15) is 0 Å². The van der Waals surface area contributed by atoms with Gasteiger partial charge in [-0.05, 0) is 12.3 Å². The van der Waals surface area contributed by atoms with Crippen LogP contribution in [-0.2, 0) is 4.74 Å². The molecule has 0 unspecified atom stereocenters. The molecular weight excluding hydrogens is 224 g/mol. The minimum absolute atomic E-state index is 0.186. The van der Waals surface area contributed by atoms with Crippen LogP contribution in [0, 0.1) is 12.3 Å². The van der Waals surface area contributed by atoms with Crippen LogP contribution in [0.3, 0.4) is 0 Å². The van der Waals surface area contributed by atoms with Gasteiger partial charge in [-0.1, -0.05) is 32.1 Å². The lowest BCUT2D eigenvalue weighted by Gasteiger charge is -2.17. The van der Waals surface area contributed by atoms with E-state index in [1.54, 1.807) is 0 Å². The first-order chi connectivity index (χ1) is 7.33. The Labute approximate surface area is 100 Å². The molecule has 0 saturated heterocycles. The van der Waals surface area contributed by atoms with Gasteiger partial charge in [0.15, 0.2) is 5.13 Å². The molecule has 0 atom stereocenters. The van der Waals surface area contributed by atoms with Gasteiger partial charge < -0.3 is 10.1 Å². The molecule has 1 N–H and O–H groups in total. The normalized spacial score (nSPS) is 11.3. The average molecular weight is 242 g/mol. The predicted octanol–water partition coefficient (Wildman–Crippen LogP) is 2.70. The van der Waals surface area contributed by atoms with Crippen molar-refractivity contribution in [3.8, 4) is 0 Å². The SMILES string of the molecule is COC(=O)c1sc(NCC(C)(C)C)nc1C. The third-order valence-corrected chi connectivity index (χ3v) is 3.03. The molecule has 5 heteroatoms. The second-order valence-electron chi connectivity index (χ2n) is 4.84. The summed E-state index contributed by atoms with van der Waals surface area (Å²) in [4.78, 5) is 16.2. The molecule has 0 spiro atoms. The van der Waals surface area contributed by atoms with E-state index < -0.39 is 0 Å². The van der Waals surface area contributed by atoms with Crippen molar-refractivity contribution in [2.24, 2.45) is 5.41 Å². The number of aromatic nitrogens is 1. The molecule has 1 heterocycles. The summed E-state index contributed by atoms with van der Waals surface area (Å²) in [7, 11) is 1.38. The van der Waals surface area contributed by atoms with Gasteiger partial charge in [0.1, 0.15) is 4.88 Å². The van der Waals surface area contributed by atoms with Gasteiger partial charge in [0.25, 0.3) is 0 Å². The Kier molecular flexibility index (Phi) is 3.91. The largest absolute Gasteiger partial charge is 0.465 e. The van der Waals surface area contributed by atoms with Gasteiger partial charge in [-0.25, -0.2) is 9.78 Å². The Hall–Kier alpha value is -1.10. The van der Waals surface area contributed by atoms with E-state index in [1.165, 1.54) is 18.4 Å². The number of esters is 1. The van der Waals surface area contributed by atoms with E-state index in [4.69, 9.17) is 0 Å². The highest BCUT2D eigenvalue weighted by molar-refractivity contribution is 7.17. The Morgan fingerprint density at radius 1 is 1.50 bits per heavy atom. The fraction of sp³-hybridized carbons (Fsp3) is 0.636. The summed E-state index contributed by atoms with van der Waals surface area (Å²) >= 11 is 1.34. The Morgan fingerprint density at radius 3 is 2.62 bits per heavy atom. The molecule has 90 valence electrons. The van der Waals surface area contributed by atoms with Gasteiger partial charge in [-0.15, -0.1) is 0 Å². The van der Waals surface area contributed by atoms with E-state index in [-0.39, 0.29) is 11.4 Å². The first kappa shape index (κ1) is 13.0. The number of rotatable bonds is 3. The van der Waals surface area contributed by atoms with Crippen LogP contribution in [0.25, 0.3) is 0 Å². The molecule has 4 nitrogen and oxygen atoms in total. The Morgan fingerprint density at radius 2 is 2.12 bits per heavy atom. The van der Waals surface area contributed by atoms with Crippen molar-refractivity contribution in [3.05, 3.63) is 10.6 Å². The zero-order chi connectivity index (χ0) is 12.3. The van der Waals surface area contributed by atoms with Crippen molar-refractivity contribution in [1.29, 1.82) is 0 Å². The van der Waals surface area contributed by atoms with E-state index in [9.17, 15) is 4.79 Å². The Bertz CT molecular complexity index is 380. The molecule has 1 aromatic rings. The van der Waals surface area contributed by atoms with E-state index in [0.717, 1.165) is 11.7 Å². The van der Waals surface area contributed by atoms with Gasteiger partial charge >= 0.3 is 5.97 Å². The molecule has 0 saturated carbocycles. The van der Waals surface area contributed by atoms with Crippen molar-refractivity contribution in [1.82, 2.24) is 4.98 Å². The number of anilines is 1. The summed E-state index contributed by atoms with van der Waals surface area (Å²) < 4.78 is 4.68. The van der Waals surface area contributed by atoms with Crippen LogP contribution in [0.15, 0.2) is 0 Å². The molecule has 1 aromatic heterocycles. The second kappa shape index (κ2) is 4.82. The molecule has 0 aromatic carbocycles. The maximum absolute atomic E-state index is 11.4. The minimum Gasteiger partial charge on any atom is -0.465 e. The number of thiazole rings is 1. The van der Waals surface area contributed by atoms with Gasteiger partial charge in [0.2, 0.25) is 0 Å². The van der Waals surface area contributed by atoms with Crippen LogP contribution in [0.5, 0.6) is 0 Å². The third-order valence-electron chi connectivity index (χ3n) is 1.94. The van der Waals surface area contributed by atoms with Gasteiger partial charge in [0.05, 0.1) is 12.8 Å². The van der Waals surface area contributed by atoms with Crippen LogP contribution in [0.1, 0.15) is 36.1 Å². The third kappa shape index (κ3) is 3.48. The fourth-order valence-electron chi connectivity index (χ4n) is 1.09. The number of carbonyl (C=O) groups is 1. The summed E-state index contributed by atoms with van der Waals surface area (Å²) in [6, 6.07) is 0. The van der Waals surface area contributed by atoms with E-state index in [1.807, 2.05) is 6.92 Å². The maximum Gasteiger partial charge on any atom is 0.350 e. The lowest BCUT2D eigenvalue weighted by atomic mass is 9.97. The van der Waals surface area contributed by atoms with Crippen LogP contribution in [0.2, 0.25) is 0 Å². The number of carbonyl (C=O) groups excluding carboxylic acids is 1. The molecule has 1 rings (SSSR count). The first-order valence-corrected chi connectivity index (χ1v) is 5.95. The summed E-state index contributed by atoms with van der Waals surface area (Å²) in [6.07, 6.45) is 0. The monoisotopic (exact) mass is 242 g/mol. The summed E-state index contributed by atoms with van der Waals surface area (Å²) in [5, 5.41) is 4.00. The molecule has 0 aliphatic rings. The van der Waals surface area contributed by atoms with Crippen molar-refractivity contribution in [3.63, 3.8) is 0 Å². The first-order valence-electron chi connectivity index (χ1n) is 5.13. The highest BCUT2D eigenvalue weighted by atomic mass is 32.1. The number of nitrogens with one attached hydrogen (secondary N) is 1. The molecule has 0 aliphatic carbocycles. The van der Waals surface area contributed by atoms with Crippen molar-refractivity contribution in [2.45, 2.75) is 27.7 Å². The van der Waals surface area contributed by atoms with Crippen LogP contribution < -0.4 is 5.32 Å². The quantitative estimate of drug-likeness (QED) is 0.828. The molecule has 0 radical (unpaired) electrons. The molecule has 0 amide bonds. The zero-order valence-electron chi connectivity index (χ0n) is 10.4. The lowest BCUT2D eigenvalue weighted by molar-refractivity contribution is 0.0605. The maximum atomic E-state index is 11.4. The summed E-state index contributed by atoms with van der Waals surface area (Å²) in [6.45, 7) is 9.05. The number of methoxy groups -OCH3 is 1. The fourth-order valence-corrected chi connectivity index (χ4v) is 1.98.